The van der Waals surface area contributed by atoms with Crippen molar-refractivity contribution in [2.75, 3.05) is 0 Å². The quantitative estimate of drug-likeness (QED) is 0.281. The van der Waals surface area contributed by atoms with Gasteiger partial charge < -0.3 is 4.74 Å². The predicted molar refractivity (Wildman–Crippen MR) is 115 cm³/mol. The molecule has 0 atom stereocenters. The number of nitrogens with zero attached hydrogens (tertiary/aromatic N) is 1. The number of hydrogen-bond acceptors (Lipinski definition) is 2. The largest absolute Gasteiger partial charge is 0.488 e. The zero-order valence-corrected chi connectivity index (χ0v) is 17.5. The lowest BCUT2D eigenvalue weighted by Gasteiger charge is -2.10. The Bertz CT molecular complexity index is 1090. The molecule has 0 bridgehead atoms. The number of benzene rings is 3. The zero-order valence-electron chi connectivity index (χ0n) is 14.4. The van der Waals surface area contributed by atoms with E-state index in [2.05, 4.69) is 22.0 Å². The van der Waals surface area contributed by atoms with Crippen molar-refractivity contribution in [2.24, 2.45) is 0 Å². The number of nitriles is 1. The summed E-state index contributed by atoms with van der Waals surface area (Å²) in [5.41, 5.74) is 2.49. The van der Waals surface area contributed by atoms with E-state index in [0.717, 1.165) is 15.6 Å². The molecule has 0 aromatic heterocycles. The lowest BCUT2D eigenvalue weighted by Crippen LogP contribution is -1.97. The third-order valence-electron chi connectivity index (χ3n) is 3.92. The van der Waals surface area contributed by atoms with Gasteiger partial charge in [-0.05, 0) is 69.5 Å². The monoisotopic (exact) mass is 475 g/mol. The van der Waals surface area contributed by atoms with E-state index in [9.17, 15) is 9.65 Å². The second kappa shape index (κ2) is 9.25. The first-order valence-corrected chi connectivity index (χ1v) is 9.75. The molecule has 3 rings (SSSR count). The minimum Gasteiger partial charge on any atom is -0.488 e. The van der Waals surface area contributed by atoms with Crippen molar-refractivity contribution in [3.8, 4) is 11.8 Å². The fraction of sp³-hybridized carbons (Fsp3) is 0.0455. The average molecular weight is 477 g/mol. The van der Waals surface area contributed by atoms with Gasteiger partial charge in [0.15, 0.2) is 0 Å². The van der Waals surface area contributed by atoms with E-state index < -0.39 is 0 Å². The maximum absolute atomic E-state index is 13.4. The summed E-state index contributed by atoms with van der Waals surface area (Å²) in [4.78, 5) is 0. The molecule has 28 heavy (non-hydrogen) atoms. The van der Waals surface area contributed by atoms with Gasteiger partial charge in [-0.25, -0.2) is 4.39 Å². The smallest absolute Gasteiger partial charge is 0.134 e. The van der Waals surface area contributed by atoms with Gasteiger partial charge in [-0.1, -0.05) is 47.5 Å². The summed E-state index contributed by atoms with van der Waals surface area (Å²) in [5, 5.41) is 10.5. The van der Waals surface area contributed by atoms with Crippen molar-refractivity contribution in [3.05, 3.63) is 97.7 Å². The number of rotatable bonds is 5. The Hall–Kier alpha value is -2.32. The highest BCUT2D eigenvalue weighted by Gasteiger charge is 2.07. The Labute approximate surface area is 180 Å². The van der Waals surface area contributed by atoms with Crippen LogP contribution in [0.2, 0.25) is 10.0 Å². The summed E-state index contributed by atoms with van der Waals surface area (Å²) >= 11 is 15.5. The van der Waals surface area contributed by atoms with Crippen LogP contribution in [0, 0.1) is 17.1 Å². The molecular formula is C22H13BrCl2FNO. The normalized spacial score (nSPS) is 11.2. The summed E-state index contributed by atoms with van der Waals surface area (Å²) < 4.78 is 20.0. The van der Waals surface area contributed by atoms with Crippen LogP contribution in [0.4, 0.5) is 4.39 Å². The number of allylic oxidation sites excluding steroid dienone is 1. The van der Waals surface area contributed by atoms with Crippen LogP contribution in [-0.4, -0.2) is 0 Å². The minimum absolute atomic E-state index is 0.288. The SMILES string of the molecule is N#C/C(=C/c1ccc(OCc2ccc(Cl)cc2Cl)c(Br)c1)c1cccc(F)c1. The molecule has 6 heteroatoms. The molecule has 0 heterocycles. The van der Waals surface area contributed by atoms with Gasteiger partial charge in [-0.15, -0.1) is 0 Å². The first-order chi connectivity index (χ1) is 13.5. The summed E-state index contributed by atoms with van der Waals surface area (Å²) in [6, 6.07) is 18.7. The van der Waals surface area contributed by atoms with E-state index in [1.807, 2.05) is 18.2 Å². The molecule has 0 radical (unpaired) electrons. The van der Waals surface area contributed by atoms with E-state index in [1.54, 1.807) is 36.4 Å². The Morgan fingerprint density at radius 2 is 1.93 bits per heavy atom. The van der Waals surface area contributed by atoms with Crippen LogP contribution < -0.4 is 4.74 Å². The molecular weight excluding hydrogens is 464 g/mol. The average Bonchev–Trinajstić information content (AvgIpc) is 2.66. The van der Waals surface area contributed by atoms with E-state index in [0.29, 0.717) is 26.9 Å². The third kappa shape index (κ3) is 5.14. The minimum atomic E-state index is -0.385. The first kappa shape index (κ1) is 20.4. The molecule has 0 amide bonds. The lowest BCUT2D eigenvalue weighted by molar-refractivity contribution is 0.304. The van der Waals surface area contributed by atoms with Gasteiger partial charge in [0, 0.05) is 15.6 Å². The topological polar surface area (TPSA) is 33.0 Å². The van der Waals surface area contributed by atoms with Crippen molar-refractivity contribution >= 4 is 50.8 Å². The molecule has 0 saturated heterocycles. The molecule has 0 fully saturated rings. The lowest BCUT2D eigenvalue weighted by atomic mass is 10.0. The molecule has 0 spiro atoms. The Morgan fingerprint density at radius 1 is 1.11 bits per heavy atom. The van der Waals surface area contributed by atoms with Gasteiger partial charge >= 0.3 is 0 Å². The molecule has 0 N–H and O–H groups in total. The first-order valence-electron chi connectivity index (χ1n) is 8.20. The van der Waals surface area contributed by atoms with E-state index in [-0.39, 0.29) is 12.4 Å². The molecule has 140 valence electrons. The molecule has 3 aromatic rings. The Kier molecular flexibility index (Phi) is 6.74. The van der Waals surface area contributed by atoms with Gasteiger partial charge in [0.2, 0.25) is 0 Å². The van der Waals surface area contributed by atoms with Crippen molar-refractivity contribution in [1.29, 1.82) is 5.26 Å². The molecule has 0 aliphatic carbocycles. The predicted octanol–water partition coefficient (Wildman–Crippen LogP) is 7.54. The third-order valence-corrected chi connectivity index (χ3v) is 5.13. The molecule has 2 nitrogen and oxygen atoms in total. The standard InChI is InChI=1S/C22H13BrCl2FNO/c23-20-9-14(8-17(12-27)15-2-1-3-19(26)10-15)4-7-22(20)28-13-16-5-6-18(24)11-21(16)25/h1-11H,13H2/b17-8-. The highest BCUT2D eigenvalue weighted by molar-refractivity contribution is 9.10. The van der Waals surface area contributed by atoms with Crippen LogP contribution >= 0.6 is 39.1 Å². The van der Waals surface area contributed by atoms with E-state index >= 15 is 0 Å². The van der Waals surface area contributed by atoms with Crippen LogP contribution in [0.15, 0.2) is 65.1 Å². The summed E-state index contributed by atoms with van der Waals surface area (Å²) in [6.07, 6.45) is 1.69. The van der Waals surface area contributed by atoms with E-state index in [1.165, 1.54) is 12.1 Å². The molecule has 0 saturated carbocycles. The van der Waals surface area contributed by atoms with Crippen LogP contribution in [0.1, 0.15) is 16.7 Å². The number of halogens is 4. The second-order valence-electron chi connectivity index (χ2n) is 5.89. The molecule has 0 aliphatic heterocycles. The van der Waals surface area contributed by atoms with Crippen molar-refractivity contribution in [3.63, 3.8) is 0 Å². The highest BCUT2D eigenvalue weighted by Crippen LogP contribution is 2.30. The molecule has 0 unspecified atom stereocenters. The fourth-order valence-corrected chi connectivity index (χ4v) is 3.50. The van der Waals surface area contributed by atoms with Crippen LogP contribution in [0.25, 0.3) is 11.6 Å². The Morgan fingerprint density at radius 3 is 2.61 bits per heavy atom. The van der Waals surface area contributed by atoms with Crippen molar-refractivity contribution < 1.29 is 9.13 Å². The van der Waals surface area contributed by atoms with Crippen LogP contribution in [0.5, 0.6) is 5.75 Å². The summed E-state index contributed by atoms with van der Waals surface area (Å²) in [7, 11) is 0. The summed E-state index contributed by atoms with van der Waals surface area (Å²) in [5.74, 6) is 0.247. The molecule has 0 aliphatic rings. The van der Waals surface area contributed by atoms with Crippen LogP contribution in [-0.2, 0) is 6.61 Å². The maximum Gasteiger partial charge on any atom is 0.134 e. The summed E-state index contributed by atoms with van der Waals surface area (Å²) in [6.45, 7) is 0.288. The zero-order chi connectivity index (χ0) is 20.1. The van der Waals surface area contributed by atoms with Crippen LogP contribution in [0.3, 0.4) is 0 Å². The number of ether oxygens (including phenoxy) is 1. The van der Waals surface area contributed by atoms with Crippen molar-refractivity contribution in [2.45, 2.75) is 6.61 Å². The van der Waals surface area contributed by atoms with Crippen molar-refractivity contribution in [1.82, 2.24) is 0 Å². The van der Waals surface area contributed by atoms with Gasteiger partial charge in [0.05, 0.1) is 16.1 Å². The fourth-order valence-electron chi connectivity index (χ4n) is 2.52. The Balaban J connectivity index is 1.79. The van der Waals surface area contributed by atoms with E-state index in [4.69, 9.17) is 27.9 Å². The van der Waals surface area contributed by atoms with Gasteiger partial charge in [-0.2, -0.15) is 5.26 Å². The second-order valence-corrected chi connectivity index (χ2v) is 7.59. The molecule has 3 aromatic carbocycles. The maximum atomic E-state index is 13.4. The number of hydrogen-bond donors (Lipinski definition) is 0. The van der Waals surface area contributed by atoms with Gasteiger partial charge in [0.1, 0.15) is 18.2 Å². The van der Waals surface area contributed by atoms with Gasteiger partial charge in [-0.3, -0.25) is 0 Å². The highest BCUT2D eigenvalue weighted by atomic mass is 79.9. The van der Waals surface area contributed by atoms with Gasteiger partial charge in [0.25, 0.3) is 0 Å².